The van der Waals surface area contributed by atoms with Crippen LogP contribution in [0.4, 0.5) is 4.79 Å². The molecule has 29 heavy (non-hydrogen) atoms. The van der Waals surface area contributed by atoms with Crippen molar-refractivity contribution in [2.75, 3.05) is 6.54 Å². The lowest BCUT2D eigenvalue weighted by atomic mass is 10.0. The number of benzene rings is 2. The molecule has 0 aliphatic rings. The van der Waals surface area contributed by atoms with Gasteiger partial charge in [-0.3, -0.25) is 0 Å². The molecule has 0 aliphatic carbocycles. The van der Waals surface area contributed by atoms with Crippen molar-refractivity contribution >= 4 is 15.9 Å². The Morgan fingerprint density at radius 2 is 1.76 bits per heavy atom. The number of sulfone groups is 1. The summed E-state index contributed by atoms with van der Waals surface area (Å²) < 4.78 is 29.6. The van der Waals surface area contributed by atoms with Crippen molar-refractivity contribution in [1.29, 1.82) is 0 Å². The molecule has 0 radical (unpaired) electrons. The van der Waals surface area contributed by atoms with E-state index in [4.69, 9.17) is 4.74 Å². The molecule has 0 saturated heterocycles. The number of ether oxygens (including phenoxy) is 1. The van der Waals surface area contributed by atoms with Gasteiger partial charge in [0.25, 0.3) is 0 Å². The second kappa shape index (κ2) is 10.4. The average molecular weight is 422 g/mol. The van der Waals surface area contributed by atoms with Crippen molar-refractivity contribution in [3.63, 3.8) is 0 Å². The Labute approximate surface area is 171 Å². The summed E-state index contributed by atoms with van der Waals surface area (Å²) in [5.41, 5.74) is 1.15. The van der Waals surface area contributed by atoms with E-state index in [1.54, 1.807) is 19.9 Å². The van der Waals surface area contributed by atoms with Crippen LogP contribution in [0.15, 0.2) is 59.5 Å². The fourth-order valence-electron chi connectivity index (χ4n) is 2.62. The van der Waals surface area contributed by atoms with Gasteiger partial charge in [-0.15, -0.1) is 0 Å². The Balaban J connectivity index is 1.84. The van der Waals surface area contributed by atoms with Crippen molar-refractivity contribution in [3.8, 4) is 0 Å². The molecule has 2 aromatic rings. The molecule has 158 valence electrons. The fraction of sp³-hybridized carbons (Fsp3) is 0.381. The van der Waals surface area contributed by atoms with Crippen LogP contribution in [0.3, 0.4) is 0 Å². The molecule has 8 heteroatoms. The zero-order valence-electron chi connectivity index (χ0n) is 16.5. The number of aliphatic hydroxyl groups is 2. The monoisotopic (exact) mass is 421 g/mol. The number of rotatable bonds is 9. The largest absolute Gasteiger partial charge is 0.445 e. The minimum Gasteiger partial charge on any atom is -0.445 e. The molecular formula is C21H27NO6S. The number of aliphatic hydroxyl groups excluding tert-OH is 2. The summed E-state index contributed by atoms with van der Waals surface area (Å²) in [6.45, 7) is 3.39. The average Bonchev–Trinajstić information content (AvgIpc) is 2.72. The van der Waals surface area contributed by atoms with Crippen molar-refractivity contribution in [3.05, 3.63) is 65.7 Å². The van der Waals surface area contributed by atoms with Crippen LogP contribution in [-0.4, -0.2) is 42.6 Å². The zero-order valence-corrected chi connectivity index (χ0v) is 17.3. The third kappa shape index (κ3) is 6.56. The summed E-state index contributed by atoms with van der Waals surface area (Å²) in [4.78, 5) is 11.8. The number of carbonyl (C=O) groups excluding carboxylic acids is 1. The Morgan fingerprint density at radius 3 is 2.41 bits per heavy atom. The van der Waals surface area contributed by atoms with Crippen molar-refractivity contribution < 1.29 is 28.2 Å². The minimum atomic E-state index is -3.48. The van der Waals surface area contributed by atoms with Crippen LogP contribution in [0.1, 0.15) is 37.5 Å². The Bertz CT molecular complexity index is 898. The smallest absolute Gasteiger partial charge is 0.407 e. The highest BCUT2D eigenvalue weighted by molar-refractivity contribution is 7.92. The molecule has 0 spiro atoms. The Hall–Kier alpha value is -2.42. The summed E-state index contributed by atoms with van der Waals surface area (Å²) in [5, 5.41) is 22.5. The Morgan fingerprint density at radius 1 is 1.07 bits per heavy atom. The first-order valence-corrected chi connectivity index (χ1v) is 10.9. The summed E-state index contributed by atoms with van der Waals surface area (Å²) in [6.07, 6.45) is -3.01. The van der Waals surface area contributed by atoms with Crippen LogP contribution in [0.25, 0.3) is 0 Å². The van der Waals surface area contributed by atoms with Crippen molar-refractivity contribution in [2.24, 2.45) is 0 Å². The molecule has 2 aromatic carbocycles. The van der Waals surface area contributed by atoms with E-state index in [1.807, 2.05) is 30.3 Å². The number of amides is 1. The molecule has 0 fully saturated rings. The maximum absolute atomic E-state index is 12.3. The summed E-state index contributed by atoms with van der Waals surface area (Å²) >= 11 is 0. The topological polar surface area (TPSA) is 113 Å². The van der Waals surface area contributed by atoms with Gasteiger partial charge in [-0.25, -0.2) is 13.2 Å². The van der Waals surface area contributed by atoms with E-state index in [2.05, 4.69) is 5.32 Å². The zero-order chi connectivity index (χ0) is 21.4. The number of carbonyl (C=O) groups is 1. The first-order chi connectivity index (χ1) is 13.7. The molecule has 0 heterocycles. The number of alkyl carbamates (subject to hydrolysis) is 1. The molecule has 2 unspecified atom stereocenters. The van der Waals surface area contributed by atoms with Gasteiger partial charge in [0, 0.05) is 6.54 Å². The standard InChI is InChI=1S/C21H27NO6S/c1-15(2)29(26,27)18-10-6-9-17(13-18)20(24)19(23)11-12-22-21(25)28-14-16-7-4-3-5-8-16/h3-10,13,15,19-20,23-24H,11-12,14H2,1-2H3,(H,22,25). The van der Waals surface area contributed by atoms with Crippen molar-refractivity contribution in [1.82, 2.24) is 5.32 Å². The van der Waals surface area contributed by atoms with Crippen LogP contribution in [0.2, 0.25) is 0 Å². The second-order valence-corrected chi connectivity index (χ2v) is 9.46. The molecule has 0 aliphatic heterocycles. The van der Waals surface area contributed by atoms with E-state index in [9.17, 15) is 23.4 Å². The lowest BCUT2D eigenvalue weighted by molar-refractivity contribution is 0.0135. The van der Waals surface area contributed by atoms with E-state index in [1.165, 1.54) is 18.2 Å². The van der Waals surface area contributed by atoms with Gasteiger partial charge in [-0.1, -0.05) is 42.5 Å². The molecule has 1 amide bonds. The summed E-state index contributed by atoms with van der Waals surface area (Å²) in [6, 6.07) is 15.1. The lowest BCUT2D eigenvalue weighted by Gasteiger charge is -2.19. The van der Waals surface area contributed by atoms with Gasteiger partial charge in [-0.05, 0) is 43.5 Å². The highest BCUT2D eigenvalue weighted by Gasteiger charge is 2.23. The maximum Gasteiger partial charge on any atom is 0.407 e. The Kier molecular flexibility index (Phi) is 8.19. The van der Waals surface area contributed by atoms with Gasteiger partial charge in [-0.2, -0.15) is 0 Å². The third-order valence-electron chi connectivity index (χ3n) is 4.44. The number of nitrogens with one attached hydrogen (secondary N) is 1. The number of hydrogen-bond donors (Lipinski definition) is 3. The van der Waals surface area contributed by atoms with Crippen LogP contribution in [-0.2, 0) is 21.2 Å². The van der Waals surface area contributed by atoms with Crippen molar-refractivity contribution in [2.45, 2.75) is 49.2 Å². The first kappa shape index (κ1) is 22.9. The van der Waals surface area contributed by atoms with Gasteiger partial charge in [0.05, 0.1) is 16.2 Å². The van der Waals surface area contributed by atoms with E-state index in [0.717, 1.165) is 5.56 Å². The molecule has 3 N–H and O–H groups in total. The van der Waals surface area contributed by atoms with E-state index in [-0.39, 0.29) is 24.5 Å². The molecule has 0 aromatic heterocycles. The lowest BCUT2D eigenvalue weighted by Crippen LogP contribution is -2.29. The highest BCUT2D eigenvalue weighted by atomic mass is 32.2. The van der Waals surface area contributed by atoms with Crippen LogP contribution < -0.4 is 5.32 Å². The van der Waals surface area contributed by atoms with Gasteiger partial charge in [0.2, 0.25) is 0 Å². The highest BCUT2D eigenvalue weighted by Crippen LogP contribution is 2.23. The van der Waals surface area contributed by atoms with E-state index >= 15 is 0 Å². The quantitative estimate of drug-likeness (QED) is 0.574. The molecule has 0 saturated carbocycles. The van der Waals surface area contributed by atoms with Gasteiger partial charge < -0.3 is 20.3 Å². The maximum atomic E-state index is 12.3. The molecule has 0 bridgehead atoms. The van der Waals surface area contributed by atoms with Crippen LogP contribution in [0, 0.1) is 0 Å². The summed E-state index contributed by atoms with van der Waals surface area (Å²) in [7, 11) is -3.48. The first-order valence-electron chi connectivity index (χ1n) is 9.36. The summed E-state index contributed by atoms with van der Waals surface area (Å²) in [5.74, 6) is 0. The van der Waals surface area contributed by atoms with E-state index < -0.39 is 33.4 Å². The third-order valence-corrected chi connectivity index (χ3v) is 6.59. The minimum absolute atomic E-state index is 0.0722. The SMILES string of the molecule is CC(C)S(=O)(=O)c1cccc(C(O)C(O)CCNC(=O)OCc2ccccc2)c1. The van der Waals surface area contributed by atoms with Gasteiger partial charge >= 0.3 is 6.09 Å². The predicted molar refractivity (Wildman–Crippen MR) is 109 cm³/mol. The van der Waals surface area contributed by atoms with E-state index in [0.29, 0.717) is 5.56 Å². The number of hydrogen-bond acceptors (Lipinski definition) is 6. The second-order valence-electron chi connectivity index (χ2n) is 6.96. The fourth-order valence-corrected chi connectivity index (χ4v) is 3.74. The molecule has 2 atom stereocenters. The van der Waals surface area contributed by atoms with Gasteiger partial charge in [0.1, 0.15) is 12.7 Å². The molecular weight excluding hydrogens is 394 g/mol. The molecule has 7 nitrogen and oxygen atoms in total. The molecule has 2 rings (SSSR count). The van der Waals surface area contributed by atoms with Crippen LogP contribution >= 0.6 is 0 Å². The normalized spacial score (nSPS) is 13.7. The van der Waals surface area contributed by atoms with Gasteiger partial charge in [0.15, 0.2) is 9.84 Å². The van der Waals surface area contributed by atoms with Crippen LogP contribution in [0.5, 0.6) is 0 Å². The predicted octanol–water partition coefficient (Wildman–Crippen LogP) is 2.58.